The van der Waals surface area contributed by atoms with Crippen LogP contribution in [0.4, 0.5) is 0 Å². The summed E-state index contributed by atoms with van der Waals surface area (Å²) < 4.78 is 5.05. The number of benzene rings is 1. The Hall–Kier alpha value is -2.36. The van der Waals surface area contributed by atoms with E-state index in [2.05, 4.69) is 10.5 Å². The van der Waals surface area contributed by atoms with Crippen molar-refractivity contribution in [2.45, 2.75) is 13.8 Å². The van der Waals surface area contributed by atoms with E-state index in [1.165, 1.54) is 6.26 Å². The van der Waals surface area contributed by atoms with Crippen molar-refractivity contribution >= 4 is 12.1 Å². The second-order valence-electron chi connectivity index (χ2n) is 4.00. The van der Waals surface area contributed by atoms with Gasteiger partial charge in [0.05, 0.1) is 18.0 Å². The standard InChI is InChI=1S/C14H14N2O2/c1-10-4-3-5-12(8-10)9-15-16-14(17)13-6-7-18-11(13)2/h3-9H,1-2H3,(H,16,17)/b15-9-. The zero-order valence-electron chi connectivity index (χ0n) is 10.3. The summed E-state index contributed by atoms with van der Waals surface area (Å²) in [6.45, 7) is 3.74. The molecule has 4 heteroatoms. The second kappa shape index (κ2) is 5.31. The van der Waals surface area contributed by atoms with Gasteiger partial charge in [0.15, 0.2) is 0 Å². The van der Waals surface area contributed by atoms with Crippen LogP contribution in [0, 0.1) is 13.8 Å². The van der Waals surface area contributed by atoms with Crippen molar-refractivity contribution in [3.63, 3.8) is 0 Å². The number of hydrazone groups is 1. The lowest BCUT2D eigenvalue weighted by molar-refractivity contribution is 0.0953. The van der Waals surface area contributed by atoms with E-state index < -0.39 is 0 Å². The minimum atomic E-state index is -0.273. The fraction of sp³-hybridized carbons (Fsp3) is 0.143. The molecular weight excluding hydrogens is 228 g/mol. The van der Waals surface area contributed by atoms with Gasteiger partial charge in [-0.25, -0.2) is 5.43 Å². The predicted octanol–water partition coefficient (Wildman–Crippen LogP) is 2.66. The molecule has 2 aromatic rings. The zero-order chi connectivity index (χ0) is 13.0. The number of carbonyl (C=O) groups is 1. The Kier molecular flexibility index (Phi) is 3.57. The number of amides is 1. The summed E-state index contributed by atoms with van der Waals surface area (Å²) in [7, 11) is 0. The summed E-state index contributed by atoms with van der Waals surface area (Å²) in [5.41, 5.74) is 5.05. The molecule has 0 spiro atoms. The molecule has 0 radical (unpaired) electrons. The van der Waals surface area contributed by atoms with Gasteiger partial charge >= 0.3 is 0 Å². The lowest BCUT2D eigenvalue weighted by Crippen LogP contribution is -2.17. The molecule has 0 saturated heterocycles. The highest BCUT2D eigenvalue weighted by molar-refractivity contribution is 5.95. The van der Waals surface area contributed by atoms with Gasteiger partial charge in [0.2, 0.25) is 0 Å². The van der Waals surface area contributed by atoms with Gasteiger partial charge in [0.1, 0.15) is 5.76 Å². The van der Waals surface area contributed by atoms with Gasteiger partial charge in [0.25, 0.3) is 5.91 Å². The highest BCUT2D eigenvalue weighted by Gasteiger charge is 2.09. The summed E-state index contributed by atoms with van der Waals surface area (Å²) >= 11 is 0. The molecule has 0 atom stereocenters. The van der Waals surface area contributed by atoms with Gasteiger partial charge in [-0.1, -0.05) is 29.8 Å². The Morgan fingerprint density at radius 1 is 1.33 bits per heavy atom. The van der Waals surface area contributed by atoms with Crippen LogP contribution in [-0.2, 0) is 0 Å². The molecule has 0 aliphatic carbocycles. The lowest BCUT2D eigenvalue weighted by Gasteiger charge is -1.98. The Morgan fingerprint density at radius 3 is 2.83 bits per heavy atom. The normalized spacial score (nSPS) is 10.8. The maximum Gasteiger partial charge on any atom is 0.274 e. The lowest BCUT2D eigenvalue weighted by atomic mass is 10.2. The molecule has 0 fully saturated rings. The molecule has 0 unspecified atom stereocenters. The van der Waals surface area contributed by atoms with Crippen molar-refractivity contribution in [3.05, 3.63) is 59.0 Å². The van der Waals surface area contributed by atoms with Crippen molar-refractivity contribution in [1.82, 2.24) is 5.43 Å². The predicted molar refractivity (Wildman–Crippen MR) is 69.7 cm³/mol. The van der Waals surface area contributed by atoms with E-state index >= 15 is 0 Å². The fourth-order valence-electron chi connectivity index (χ4n) is 1.60. The van der Waals surface area contributed by atoms with E-state index in [1.807, 2.05) is 31.2 Å². The molecule has 1 heterocycles. The van der Waals surface area contributed by atoms with Crippen molar-refractivity contribution < 1.29 is 9.21 Å². The molecule has 1 amide bonds. The Bertz CT molecular complexity index is 585. The van der Waals surface area contributed by atoms with E-state index in [0.29, 0.717) is 11.3 Å². The number of nitrogens with zero attached hydrogens (tertiary/aromatic N) is 1. The first kappa shape index (κ1) is 12.1. The van der Waals surface area contributed by atoms with Crippen molar-refractivity contribution in [1.29, 1.82) is 0 Å². The number of rotatable bonds is 3. The summed E-state index contributed by atoms with van der Waals surface area (Å²) in [5.74, 6) is 0.309. The number of hydrogen-bond acceptors (Lipinski definition) is 3. The third kappa shape index (κ3) is 2.85. The van der Waals surface area contributed by atoms with Gasteiger partial charge in [-0.05, 0) is 25.5 Å². The molecule has 1 aromatic carbocycles. The first-order valence-corrected chi connectivity index (χ1v) is 5.61. The van der Waals surface area contributed by atoms with Crippen LogP contribution in [0.3, 0.4) is 0 Å². The van der Waals surface area contributed by atoms with Crippen LogP contribution >= 0.6 is 0 Å². The van der Waals surface area contributed by atoms with E-state index in [1.54, 1.807) is 19.2 Å². The topological polar surface area (TPSA) is 54.6 Å². The van der Waals surface area contributed by atoms with E-state index in [-0.39, 0.29) is 5.91 Å². The Morgan fingerprint density at radius 2 is 2.17 bits per heavy atom. The van der Waals surface area contributed by atoms with Crippen molar-refractivity contribution in [2.75, 3.05) is 0 Å². The quantitative estimate of drug-likeness (QED) is 0.664. The van der Waals surface area contributed by atoms with Gasteiger partial charge < -0.3 is 4.42 Å². The van der Waals surface area contributed by atoms with E-state index in [9.17, 15) is 4.79 Å². The van der Waals surface area contributed by atoms with Crippen LogP contribution in [0.25, 0.3) is 0 Å². The van der Waals surface area contributed by atoms with Gasteiger partial charge in [0, 0.05) is 0 Å². The fourth-order valence-corrected chi connectivity index (χ4v) is 1.60. The molecule has 0 saturated carbocycles. The molecule has 92 valence electrons. The number of furan rings is 1. The highest BCUT2D eigenvalue weighted by atomic mass is 16.3. The van der Waals surface area contributed by atoms with Crippen LogP contribution in [0.5, 0.6) is 0 Å². The molecule has 1 N–H and O–H groups in total. The Balaban J connectivity index is 2.00. The average molecular weight is 242 g/mol. The summed E-state index contributed by atoms with van der Waals surface area (Å²) in [5, 5.41) is 3.91. The SMILES string of the molecule is Cc1cccc(/C=N\NC(=O)c2ccoc2C)c1. The van der Waals surface area contributed by atoms with Crippen LogP contribution in [-0.4, -0.2) is 12.1 Å². The molecule has 0 bridgehead atoms. The molecule has 18 heavy (non-hydrogen) atoms. The van der Waals surface area contributed by atoms with Gasteiger partial charge in [-0.3, -0.25) is 4.79 Å². The average Bonchev–Trinajstić information content (AvgIpc) is 2.75. The number of aryl methyl sites for hydroxylation is 2. The molecule has 4 nitrogen and oxygen atoms in total. The maximum absolute atomic E-state index is 11.7. The molecule has 2 rings (SSSR count). The van der Waals surface area contributed by atoms with Gasteiger partial charge in [-0.15, -0.1) is 0 Å². The first-order valence-electron chi connectivity index (χ1n) is 5.61. The Labute approximate surface area is 105 Å². The van der Waals surface area contributed by atoms with Crippen LogP contribution in [0.15, 0.2) is 46.1 Å². The largest absolute Gasteiger partial charge is 0.469 e. The summed E-state index contributed by atoms with van der Waals surface area (Å²) in [6.07, 6.45) is 3.09. The van der Waals surface area contributed by atoms with Crippen molar-refractivity contribution in [2.24, 2.45) is 5.10 Å². The van der Waals surface area contributed by atoms with Crippen LogP contribution in [0.1, 0.15) is 27.2 Å². The zero-order valence-corrected chi connectivity index (χ0v) is 10.3. The second-order valence-corrected chi connectivity index (χ2v) is 4.00. The third-order valence-corrected chi connectivity index (χ3v) is 2.53. The maximum atomic E-state index is 11.7. The highest BCUT2D eigenvalue weighted by Crippen LogP contribution is 2.08. The molecule has 1 aromatic heterocycles. The van der Waals surface area contributed by atoms with Crippen LogP contribution < -0.4 is 5.43 Å². The smallest absolute Gasteiger partial charge is 0.274 e. The molecule has 0 aliphatic rings. The van der Waals surface area contributed by atoms with E-state index in [4.69, 9.17) is 4.42 Å². The number of nitrogens with one attached hydrogen (secondary N) is 1. The van der Waals surface area contributed by atoms with Crippen molar-refractivity contribution in [3.8, 4) is 0 Å². The van der Waals surface area contributed by atoms with Crippen LogP contribution in [0.2, 0.25) is 0 Å². The third-order valence-electron chi connectivity index (χ3n) is 2.53. The molecule has 0 aliphatic heterocycles. The first-order chi connectivity index (χ1) is 8.66. The molecular formula is C14H14N2O2. The van der Waals surface area contributed by atoms with E-state index in [0.717, 1.165) is 11.1 Å². The minimum absolute atomic E-state index is 0.273. The number of hydrogen-bond donors (Lipinski definition) is 1. The monoisotopic (exact) mass is 242 g/mol. The minimum Gasteiger partial charge on any atom is -0.469 e. The van der Waals surface area contributed by atoms with Gasteiger partial charge in [-0.2, -0.15) is 5.10 Å². The summed E-state index contributed by atoms with van der Waals surface area (Å²) in [6, 6.07) is 9.47. The summed E-state index contributed by atoms with van der Waals surface area (Å²) in [4.78, 5) is 11.7. The number of carbonyl (C=O) groups excluding carboxylic acids is 1.